The summed E-state index contributed by atoms with van der Waals surface area (Å²) in [5.74, 6) is 1.47. The van der Waals surface area contributed by atoms with Crippen LogP contribution in [0.2, 0.25) is 0 Å². The summed E-state index contributed by atoms with van der Waals surface area (Å²) in [6, 6.07) is 9.74. The van der Waals surface area contributed by atoms with E-state index in [1.807, 2.05) is 35.0 Å². The molecule has 0 unspecified atom stereocenters. The van der Waals surface area contributed by atoms with Crippen LogP contribution in [0.1, 0.15) is 31.7 Å². The van der Waals surface area contributed by atoms with Gasteiger partial charge in [-0.2, -0.15) is 0 Å². The Bertz CT molecular complexity index is 522. The van der Waals surface area contributed by atoms with Crippen LogP contribution in [-0.4, -0.2) is 15.0 Å². The summed E-state index contributed by atoms with van der Waals surface area (Å²) in [5.41, 5.74) is 7.50. The highest BCUT2D eigenvalue weighted by Gasteiger charge is 2.12. The van der Waals surface area contributed by atoms with E-state index >= 15 is 0 Å². The third-order valence-corrected chi connectivity index (χ3v) is 3.15. The van der Waals surface area contributed by atoms with Gasteiger partial charge in [-0.25, -0.2) is 4.68 Å². The van der Waals surface area contributed by atoms with Crippen LogP contribution in [0, 0.1) is 5.92 Å². The highest BCUT2D eigenvalue weighted by Crippen LogP contribution is 2.14. The lowest BCUT2D eigenvalue weighted by molar-refractivity contribution is 0.288. The molecule has 1 heterocycles. The predicted molar refractivity (Wildman–Crippen MR) is 78.1 cm³/mol. The second-order valence-electron chi connectivity index (χ2n) is 5.19. The van der Waals surface area contributed by atoms with E-state index in [1.54, 1.807) is 0 Å². The fourth-order valence-corrected chi connectivity index (χ4v) is 1.91. The average Bonchev–Trinajstić information content (AvgIpc) is 2.86. The monoisotopic (exact) mass is 274 g/mol. The van der Waals surface area contributed by atoms with E-state index in [4.69, 9.17) is 10.5 Å². The van der Waals surface area contributed by atoms with Crippen LogP contribution in [0.25, 0.3) is 0 Å². The maximum Gasteiger partial charge on any atom is 0.132 e. The van der Waals surface area contributed by atoms with Gasteiger partial charge in [0.15, 0.2) is 0 Å². The molecule has 0 atom stereocenters. The van der Waals surface area contributed by atoms with Crippen LogP contribution >= 0.6 is 0 Å². The Morgan fingerprint density at radius 2 is 2.00 bits per heavy atom. The minimum absolute atomic E-state index is 0.384. The van der Waals surface area contributed by atoms with Crippen molar-refractivity contribution in [2.45, 2.75) is 40.0 Å². The Morgan fingerprint density at radius 1 is 1.25 bits per heavy atom. The van der Waals surface area contributed by atoms with Gasteiger partial charge in [-0.1, -0.05) is 37.3 Å². The third-order valence-electron chi connectivity index (χ3n) is 3.15. The molecule has 0 bridgehead atoms. The number of hydrogen-bond donors (Lipinski definition) is 1. The standard InChI is InChI=1S/C15H22N4O/c1-12(2)8-9-19-15(14(10-16)17-18-19)11-20-13-6-4-3-5-7-13/h3-7,12H,8-11,16H2,1-2H3. The largest absolute Gasteiger partial charge is 0.487 e. The average molecular weight is 274 g/mol. The Labute approximate surface area is 119 Å². The Hall–Kier alpha value is -1.88. The van der Waals surface area contributed by atoms with E-state index in [1.165, 1.54) is 0 Å². The Balaban J connectivity index is 2.06. The second kappa shape index (κ2) is 7.05. The number of aryl methyl sites for hydroxylation is 1. The molecule has 0 fully saturated rings. The maximum atomic E-state index is 5.78. The molecule has 2 aromatic rings. The van der Waals surface area contributed by atoms with Gasteiger partial charge in [0, 0.05) is 13.1 Å². The molecule has 0 radical (unpaired) electrons. The van der Waals surface area contributed by atoms with E-state index in [9.17, 15) is 0 Å². The number of nitrogens with zero attached hydrogens (tertiary/aromatic N) is 3. The van der Waals surface area contributed by atoms with E-state index in [-0.39, 0.29) is 0 Å². The van der Waals surface area contributed by atoms with E-state index < -0.39 is 0 Å². The molecule has 5 nitrogen and oxygen atoms in total. The lowest BCUT2D eigenvalue weighted by atomic mass is 10.1. The molecular weight excluding hydrogens is 252 g/mol. The van der Waals surface area contributed by atoms with Crippen molar-refractivity contribution < 1.29 is 4.74 Å². The smallest absolute Gasteiger partial charge is 0.132 e. The van der Waals surface area contributed by atoms with Crippen LogP contribution < -0.4 is 10.5 Å². The van der Waals surface area contributed by atoms with Gasteiger partial charge in [-0.05, 0) is 24.5 Å². The van der Waals surface area contributed by atoms with Gasteiger partial charge in [0.1, 0.15) is 23.7 Å². The van der Waals surface area contributed by atoms with Crippen molar-refractivity contribution >= 4 is 0 Å². The summed E-state index contributed by atoms with van der Waals surface area (Å²) in [6.07, 6.45) is 1.06. The quantitative estimate of drug-likeness (QED) is 0.841. The maximum absolute atomic E-state index is 5.78. The van der Waals surface area contributed by atoms with Crippen LogP contribution in [0.3, 0.4) is 0 Å². The zero-order valence-corrected chi connectivity index (χ0v) is 12.1. The molecule has 0 spiro atoms. The van der Waals surface area contributed by atoms with E-state index in [0.717, 1.165) is 30.1 Å². The number of nitrogens with two attached hydrogens (primary N) is 1. The van der Waals surface area contributed by atoms with Crippen molar-refractivity contribution in [2.75, 3.05) is 0 Å². The first-order valence-corrected chi connectivity index (χ1v) is 7.00. The summed E-state index contributed by atoms with van der Waals surface area (Å²) in [4.78, 5) is 0. The first-order valence-electron chi connectivity index (χ1n) is 7.00. The SMILES string of the molecule is CC(C)CCn1nnc(CN)c1COc1ccccc1. The molecule has 2 rings (SSSR count). The summed E-state index contributed by atoms with van der Waals surface area (Å²) in [7, 11) is 0. The van der Waals surface area contributed by atoms with Crippen molar-refractivity contribution in [2.24, 2.45) is 11.7 Å². The first-order chi connectivity index (χ1) is 9.70. The molecule has 0 aliphatic carbocycles. The Kier molecular flexibility index (Phi) is 5.12. The van der Waals surface area contributed by atoms with Crippen molar-refractivity contribution in [3.05, 3.63) is 41.7 Å². The highest BCUT2D eigenvalue weighted by molar-refractivity contribution is 5.21. The summed E-state index contributed by atoms with van der Waals surface area (Å²) < 4.78 is 7.69. The lowest BCUT2D eigenvalue weighted by Crippen LogP contribution is -2.12. The second-order valence-corrected chi connectivity index (χ2v) is 5.19. The van der Waals surface area contributed by atoms with Crippen molar-refractivity contribution in [3.8, 4) is 5.75 Å². The molecule has 0 saturated heterocycles. The number of rotatable bonds is 7. The van der Waals surface area contributed by atoms with Gasteiger partial charge < -0.3 is 10.5 Å². The molecule has 1 aromatic heterocycles. The predicted octanol–water partition coefficient (Wildman–Crippen LogP) is 2.36. The van der Waals surface area contributed by atoms with Crippen molar-refractivity contribution in [1.82, 2.24) is 15.0 Å². The number of ether oxygens (including phenoxy) is 1. The van der Waals surface area contributed by atoms with Crippen molar-refractivity contribution in [1.29, 1.82) is 0 Å². The highest BCUT2D eigenvalue weighted by atomic mass is 16.5. The number of hydrogen-bond acceptors (Lipinski definition) is 4. The summed E-state index contributed by atoms with van der Waals surface area (Å²) in [6.45, 7) is 6.07. The number of aromatic nitrogens is 3. The summed E-state index contributed by atoms with van der Waals surface area (Å²) >= 11 is 0. The first kappa shape index (κ1) is 14.5. The molecule has 2 N–H and O–H groups in total. The summed E-state index contributed by atoms with van der Waals surface area (Å²) in [5, 5.41) is 8.31. The molecule has 20 heavy (non-hydrogen) atoms. The molecule has 0 amide bonds. The molecule has 0 aliphatic rings. The van der Waals surface area contributed by atoms with Crippen molar-refractivity contribution in [3.63, 3.8) is 0 Å². The molecule has 1 aromatic carbocycles. The van der Waals surface area contributed by atoms with Crippen LogP contribution in [0.5, 0.6) is 5.75 Å². The lowest BCUT2D eigenvalue weighted by Gasteiger charge is -2.10. The molecule has 0 aliphatic heterocycles. The minimum Gasteiger partial charge on any atom is -0.487 e. The zero-order valence-electron chi connectivity index (χ0n) is 12.1. The van der Waals surface area contributed by atoms with Gasteiger partial charge >= 0.3 is 0 Å². The normalized spacial score (nSPS) is 11.0. The van der Waals surface area contributed by atoms with Crippen LogP contribution in [0.15, 0.2) is 30.3 Å². The van der Waals surface area contributed by atoms with Gasteiger partial charge in [0.05, 0.1) is 0 Å². The topological polar surface area (TPSA) is 66.0 Å². The minimum atomic E-state index is 0.384. The van der Waals surface area contributed by atoms with Gasteiger partial charge in [0.25, 0.3) is 0 Å². The van der Waals surface area contributed by atoms with Gasteiger partial charge in [0.2, 0.25) is 0 Å². The van der Waals surface area contributed by atoms with Gasteiger partial charge in [-0.15, -0.1) is 5.10 Å². The van der Waals surface area contributed by atoms with Crippen LogP contribution in [0.4, 0.5) is 0 Å². The van der Waals surface area contributed by atoms with E-state index in [0.29, 0.717) is 19.1 Å². The molecule has 108 valence electrons. The molecule has 0 saturated carbocycles. The fraction of sp³-hybridized carbons (Fsp3) is 0.467. The Morgan fingerprint density at radius 3 is 2.65 bits per heavy atom. The molecular formula is C15H22N4O. The van der Waals surface area contributed by atoms with E-state index in [2.05, 4.69) is 24.2 Å². The van der Waals surface area contributed by atoms with Crippen LogP contribution in [-0.2, 0) is 19.7 Å². The zero-order chi connectivity index (χ0) is 14.4. The van der Waals surface area contributed by atoms with Gasteiger partial charge in [-0.3, -0.25) is 0 Å². The third kappa shape index (κ3) is 3.81. The number of para-hydroxylation sites is 1. The fourth-order valence-electron chi connectivity index (χ4n) is 1.91. The molecule has 5 heteroatoms. The number of benzene rings is 1.